The van der Waals surface area contributed by atoms with Crippen molar-refractivity contribution < 1.29 is 9.90 Å². The fourth-order valence-corrected chi connectivity index (χ4v) is 3.25. The number of nitrogens with zero attached hydrogens (tertiary/aromatic N) is 2. The summed E-state index contributed by atoms with van der Waals surface area (Å²) in [5.74, 6) is -0.863. The molecule has 5 heteroatoms. The molecule has 0 aliphatic carbocycles. The number of hydrogen-bond donors (Lipinski definition) is 1. The number of thiophene rings is 1. The van der Waals surface area contributed by atoms with Crippen LogP contribution in [0.15, 0.2) is 11.4 Å². The number of carboxylic acid groups (broad SMARTS) is 1. The Labute approximate surface area is 104 Å². The number of nitriles is 1. The van der Waals surface area contributed by atoms with Gasteiger partial charge in [-0.3, -0.25) is 9.69 Å². The molecule has 0 bridgehead atoms. The topological polar surface area (TPSA) is 64.3 Å². The van der Waals surface area contributed by atoms with Crippen LogP contribution < -0.4 is 0 Å². The Balaban J connectivity index is 2.37. The van der Waals surface area contributed by atoms with Gasteiger partial charge in [-0.25, -0.2) is 0 Å². The Hall–Kier alpha value is -1.38. The maximum absolute atomic E-state index is 11.4. The Morgan fingerprint density at radius 2 is 2.59 bits per heavy atom. The summed E-state index contributed by atoms with van der Waals surface area (Å²) in [6, 6.07) is 3.09. The Bertz CT molecular complexity index is 463. The van der Waals surface area contributed by atoms with E-state index in [1.54, 1.807) is 16.2 Å². The van der Waals surface area contributed by atoms with E-state index in [0.29, 0.717) is 13.0 Å². The van der Waals surface area contributed by atoms with Crippen molar-refractivity contribution in [1.29, 1.82) is 5.26 Å². The van der Waals surface area contributed by atoms with Crippen molar-refractivity contribution in [3.8, 4) is 6.07 Å². The molecule has 2 atom stereocenters. The predicted molar refractivity (Wildman–Crippen MR) is 64.8 cm³/mol. The van der Waals surface area contributed by atoms with Crippen LogP contribution in [-0.4, -0.2) is 28.6 Å². The maximum atomic E-state index is 11.4. The second-order valence-electron chi connectivity index (χ2n) is 4.08. The zero-order valence-electron chi connectivity index (χ0n) is 9.59. The fourth-order valence-electron chi connectivity index (χ4n) is 2.35. The lowest BCUT2D eigenvalue weighted by Crippen LogP contribution is -2.44. The van der Waals surface area contributed by atoms with E-state index < -0.39 is 12.0 Å². The first-order chi connectivity index (χ1) is 8.19. The number of carbonyl (C=O) groups is 1. The molecule has 0 fully saturated rings. The molecule has 1 aliphatic rings. The molecule has 0 aromatic carbocycles. The van der Waals surface area contributed by atoms with Crippen LogP contribution in [0.5, 0.6) is 0 Å². The molecule has 4 nitrogen and oxygen atoms in total. The van der Waals surface area contributed by atoms with Crippen molar-refractivity contribution in [2.75, 3.05) is 6.54 Å². The standard InChI is InChI=1S/C12H14N2O2S/c1-2-8(7-13)14-5-3-10-9(4-6-17-10)11(14)12(15)16/h4,6,8,11H,2-3,5H2,1H3,(H,15,16). The molecule has 0 saturated carbocycles. The van der Waals surface area contributed by atoms with Gasteiger partial charge >= 0.3 is 5.97 Å². The zero-order chi connectivity index (χ0) is 12.4. The van der Waals surface area contributed by atoms with Gasteiger partial charge in [-0.15, -0.1) is 11.3 Å². The normalized spacial score (nSPS) is 21.5. The minimum Gasteiger partial charge on any atom is -0.480 e. The Kier molecular flexibility index (Phi) is 3.46. The number of hydrogen-bond acceptors (Lipinski definition) is 4. The molecule has 1 aromatic heterocycles. The molecule has 1 N–H and O–H groups in total. The molecule has 0 radical (unpaired) electrons. The molecule has 0 saturated heterocycles. The van der Waals surface area contributed by atoms with E-state index in [1.165, 1.54) is 0 Å². The SMILES string of the molecule is CCC(C#N)N1CCc2sccc2C1C(=O)O. The van der Waals surface area contributed by atoms with Crippen LogP contribution >= 0.6 is 11.3 Å². The molecular formula is C12H14N2O2S. The van der Waals surface area contributed by atoms with Gasteiger partial charge in [0.2, 0.25) is 0 Å². The van der Waals surface area contributed by atoms with E-state index in [1.807, 2.05) is 18.4 Å². The summed E-state index contributed by atoms with van der Waals surface area (Å²) in [6.45, 7) is 2.56. The van der Waals surface area contributed by atoms with Crippen LogP contribution in [0.4, 0.5) is 0 Å². The van der Waals surface area contributed by atoms with Crippen molar-refractivity contribution in [2.45, 2.75) is 31.8 Å². The van der Waals surface area contributed by atoms with Crippen LogP contribution in [0.1, 0.15) is 29.8 Å². The van der Waals surface area contributed by atoms with Gasteiger partial charge in [0.25, 0.3) is 0 Å². The van der Waals surface area contributed by atoms with E-state index in [9.17, 15) is 9.90 Å². The second kappa shape index (κ2) is 4.86. The molecule has 1 aromatic rings. The molecule has 2 heterocycles. The smallest absolute Gasteiger partial charge is 0.325 e. The molecule has 17 heavy (non-hydrogen) atoms. The zero-order valence-corrected chi connectivity index (χ0v) is 10.4. The summed E-state index contributed by atoms with van der Waals surface area (Å²) in [6.07, 6.45) is 1.49. The van der Waals surface area contributed by atoms with Crippen molar-refractivity contribution in [3.05, 3.63) is 21.9 Å². The molecule has 0 spiro atoms. The van der Waals surface area contributed by atoms with Gasteiger partial charge in [0.1, 0.15) is 6.04 Å². The highest BCUT2D eigenvalue weighted by Gasteiger charge is 2.36. The van der Waals surface area contributed by atoms with Crippen molar-refractivity contribution >= 4 is 17.3 Å². The summed E-state index contributed by atoms with van der Waals surface area (Å²) in [7, 11) is 0. The van der Waals surface area contributed by atoms with Crippen molar-refractivity contribution in [3.63, 3.8) is 0 Å². The van der Waals surface area contributed by atoms with Crippen LogP contribution in [0.25, 0.3) is 0 Å². The quantitative estimate of drug-likeness (QED) is 0.891. The second-order valence-corrected chi connectivity index (χ2v) is 5.08. The third-order valence-corrected chi connectivity index (χ3v) is 4.17. The summed E-state index contributed by atoms with van der Waals surface area (Å²) in [4.78, 5) is 14.4. The average Bonchev–Trinajstić information content (AvgIpc) is 2.77. The third-order valence-electron chi connectivity index (χ3n) is 3.17. The van der Waals surface area contributed by atoms with Gasteiger partial charge < -0.3 is 5.11 Å². The first kappa shape index (κ1) is 12.1. The van der Waals surface area contributed by atoms with Crippen molar-refractivity contribution in [1.82, 2.24) is 4.90 Å². The minimum absolute atomic E-state index is 0.316. The van der Waals surface area contributed by atoms with Crippen molar-refractivity contribution in [2.24, 2.45) is 0 Å². The molecule has 2 rings (SSSR count). The minimum atomic E-state index is -0.863. The first-order valence-electron chi connectivity index (χ1n) is 5.63. The Morgan fingerprint density at radius 1 is 1.82 bits per heavy atom. The number of fused-ring (bicyclic) bond motifs is 1. The molecule has 90 valence electrons. The van der Waals surface area contributed by atoms with Gasteiger partial charge in [-0.2, -0.15) is 5.26 Å². The summed E-state index contributed by atoms with van der Waals surface area (Å²) in [5.41, 5.74) is 0.863. The molecule has 1 aliphatic heterocycles. The highest BCUT2D eigenvalue weighted by atomic mass is 32.1. The van der Waals surface area contributed by atoms with E-state index in [-0.39, 0.29) is 6.04 Å². The number of carboxylic acids is 1. The van der Waals surface area contributed by atoms with Crippen LogP contribution in [0.3, 0.4) is 0 Å². The summed E-state index contributed by atoms with van der Waals surface area (Å²) in [5, 5.41) is 20.4. The van der Waals surface area contributed by atoms with Gasteiger partial charge in [-0.05, 0) is 29.9 Å². The lowest BCUT2D eigenvalue weighted by atomic mass is 9.97. The van der Waals surface area contributed by atoms with Gasteiger partial charge in [-0.1, -0.05) is 6.92 Å². The molecule has 0 amide bonds. The average molecular weight is 250 g/mol. The van der Waals surface area contributed by atoms with Crippen LogP contribution in [0.2, 0.25) is 0 Å². The van der Waals surface area contributed by atoms with E-state index in [0.717, 1.165) is 16.9 Å². The predicted octanol–water partition coefficient (Wildman–Crippen LogP) is 2.03. The van der Waals surface area contributed by atoms with Gasteiger partial charge in [0, 0.05) is 11.4 Å². The maximum Gasteiger partial charge on any atom is 0.325 e. The number of rotatable bonds is 3. The summed E-state index contributed by atoms with van der Waals surface area (Å²) < 4.78 is 0. The highest BCUT2D eigenvalue weighted by Crippen LogP contribution is 2.34. The van der Waals surface area contributed by atoms with E-state index >= 15 is 0 Å². The first-order valence-corrected chi connectivity index (χ1v) is 6.51. The largest absolute Gasteiger partial charge is 0.480 e. The number of aliphatic carboxylic acids is 1. The molecular weight excluding hydrogens is 236 g/mol. The lowest BCUT2D eigenvalue weighted by Gasteiger charge is -2.35. The highest BCUT2D eigenvalue weighted by molar-refractivity contribution is 7.10. The fraction of sp³-hybridized carbons (Fsp3) is 0.500. The van der Waals surface area contributed by atoms with Crippen LogP contribution in [0, 0.1) is 11.3 Å². The molecule has 2 unspecified atom stereocenters. The van der Waals surface area contributed by atoms with Gasteiger partial charge in [0.15, 0.2) is 0 Å². The summed E-state index contributed by atoms with van der Waals surface area (Å²) >= 11 is 1.60. The third kappa shape index (κ3) is 2.06. The van der Waals surface area contributed by atoms with E-state index in [4.69, 9.17) is 5.26 Å². The Morgan fingerprint density at radius 3 is 3.18 bits per heavy atom. The van der Waals surface area contributed by atoms with Crippen LogP contribution in [-0.2, 0) is 11.2 Å². The monoisotopic (exact) mass is 250 g/mol. The van der Waals surface area contributed by atoms with Gasteiger partial charge in [0.05, 0.1) is 12.1 Å². The lowest BCUT2D eigenvalue weighted by molar-refractivity contribution is -0.144. The van der Waals surface area contributed by atoms with E-state index in [2.05, 4.69) is 6.07 Å².